The SMILES string of the molecule is COc1ccc2c(OC3CC4C(=O)NC5(C(=O)NS(=O)(=O)C6CC6)CC5C=CCCC(C)CC(C)CC(=O)N4C3)nc(-c3ccc(OC(C)C)cn3)cc2c1. The number of allylic oxidation sites excluding steroid dienone is 1. The fourth-order valence-electron chi connectivity index (χ4n) is 7.90. The number of amides is 3. The van der Waals surface area contributed by atoms with E-state index < -0.39 is 44.8 Å². The standard InChI is InChI=1S/C41H51N5O8S/c1-24(2)53-30-11-15-34(42-22-30)35-19-27-18-29(52-5)10-14-33(27)39(43-35)54-31-20-36-38(48)44-41(40(49)45-55(50,51)32-12-13-32)21-28(41)9-7-6-8-25(3)16-26(4)17-37(47)46(36)23-31/h7,9-11,14-15,18-19,22,24-26,28,31-32,36H,6,8,12-13,16-17,20-21,23H2,1-5H3,(H,44,48)(H,45,49). The number of ether oxygens (including phenoxy) is 3. The Labute approximate surface area is 322 Å². The Bertz CT molecular complexity index is 2090. The molecule has 4 aliphatic rings. The summed E-state index contributed by atoms with van der Waals surface area (Å²) >= 11 is 0. The highest BCUT2D eigenvalue weighted by molar-refractivity contribution is 7.91. The molecule has 6 unspecified atom stereocenters. The Morgan fingerprint density at radius 1 is 1.02 bits per heavy atom. The molecule has 0 spiro atoms. The van der Waals surface area contributed by atoms with Gasteiger partial charge in [-0.1, -0.05) is 26.0 Å². The van der Waals surface area contributed by atoms with Crippen LogP contribution in [0.1, 0.15) is 79.1 Å². The number of nitrogens with zero attached hydrogens (tertiary/aromatic N) is 3. The molecule has 3 fully saturated rings. The maximum atomic E-state index is 14.3. The van der Waals surface area contributed by atoms with E-state index in [4.69, 9.17) is 19.2 Å². The number of aromatic nitrogens is 2. The number of hydrogen-bond acceptors (Lipinski definition) is 10. The number of rotatable bonds is 9. The normalized spacial score (nSPS) is 27.4. The van der Waals surface area contributed by atoms with E-state index >= 15 is 0 Å². The van der Waals surface area contributed by atoms with Gasteiger partial charge in [-0.3, -0.25) is 24.1 Å². The van der Waals surface area contributed by atoms with Crippen LogP contribution < -0.4 is 24.2 Å². The minimum absolute atomic E-state index is 0.00557. The zero-order valence-corrected chi connectivity index (χ0v) is 32.9. The smallest absolute Gasteiger partial charge is 0.259 e. The van der Waals surface area contributed by atoms with E-state index in [0.29, 0.717) is 52.9 Å². The molecule has 1 saturated heterocycles. The molecule has 2 N–H and O–H groups in total. The fourth-order valence-corrected chi connectivity index (χ4v) is 9.27. The Hall–Kier alpha value is -4.72. The number of fused-ring (bicyclic) bond motifs is 3. The third kappa shape index (κ3) is 8.58. The van der Waals surface area contributed by atoms with Crippen molar-refractivity contribution in [3.8, 4) is 28.8 Å². The molecule has 3 aromatic rings. The molecule has 2 aromatic heterocycles. The third-order valence-electron chi connectivity index (χ3n) is 11.0. The predicted molar refractivity (Wildman–Crippen MR) is 207 cm³/mol. The maximum absolute atomic E-state index is 14.3. The summed E-state index contributed by atoms with van der Waals surface area (Å²) in [4.78, 5) is 53.2. The lowest BCUT2D eigenvalue weighted by Gasteiger charge is -2.27. The average Bonchev–Trinajstić information content (AvgIpc) is 4.06. The lowest BCUT2D eigenvalue weighted by molar-refractivity contribution is -0.140. The molecule has 0 radical (unpaired) electrons. The molecule has 1 aromatic carbocycles. The summed E-state index contributed by atoms with van der Waals surface area (Å²) in [5.74, 6) is 0.234. The van der Waals surface area contributed by atoms with Crippen LogP contribution in [-0.4, -0.2) is 83.7 Å². The van der Waals surface area contributed by atoms with Gasteiger partial charge in [-0.25, -0.2) is 13.4 Å². The number of methoxy groups -OCH3 is 1. The highest BCUT2D eigenvalue weighted by Gasteiger charge is 2.62. The van der Waals surface area contributed by atoms with Gasteiger partial charge in [-0.05, 0) is 106 Å². The number of sulfonamides is 1. The minimum Gasteiger partial charge on any atom is -0.497 e. The van der Waals surface area contributed by atoms with Crippen molar-refractivity contribution in [3.63, 3.8) is 0 Å². The highest BCUT2D eigenvalue weighted by Crippen LogP contribution is 2.46. The number of nitrogens with one attached hydrogen (secondary N) is 2. The van der Waals surface area contributed by atoms with Crippen LogP contribution in [0.3, 0.4) is 0 Å². The quantitative estimate of drug-likeness (QED) is 0.272. The van der Waals surface area contributed by atoms with Gasteiger partial charge in [0.2, 0.25) is 27.7 Å². The molecule has 7 rings (SSSR count). The second kappa shape index (κ2) is 15.4. The van der Waals surface area contributed by atoms with Gasteiger partial charge in [0.1, 0.15) is 29.2 Å². The van der Waals surface area contributed by atoms with E-state index in [-0.39, 0.29) is 49.7 Å². The average molecular weight is 774 g/mol. The van der Waals surface area contributed by atoms with E-state index in [9.17, 15) is 22.8 Å². The van der Waals surface area contributed by atoms with Gasteiger partial charge >= 0.3 is 0 Å². The first-order chi connectivity index (χ1) is 26.2. The fraction of sp³-hybridized carbons (Fsp3) is 0.537. The lowest BCUT2D eigenvalue weighted by atomic mass is 9.91. The largest absolute Gasteiger partial charge is 0.497 e. The molecule has 55 heavy (non-hydrogen) atoms. The van der Waals surface area contributed by atoms with Gasteiger partial charge < -0.3 is 24.4 Å². The van der Waals surface area contributed by atoms with Crippen LogP contribution in [0.4, 0.5) is 0 Å². The van der Waals surface area contributed by atoms with Crippen molar-refractivity contribution in [1.29, 1.82) is 0 Å². The molecular weight excluding hydrogens is 723 g/mol. The Balaban J connectivity index is 1.19. The van der Waals surface area contributed by atoms with Crippen LogP contribution in [-0.2, 0) is 24.4 Å². The summed E-state index contributed by atoms with van der Waals surface area (Å²) < 4.78 is 45.9. The molecule has 13 nitrogen and oxygen atoms in total. The predicted octanol–water partition coefficient (Wildman–Crippen LogP) is 5.33. The zero-order chi connectivity index (χ0) is 39.1. The van der Waals surface area contributed by atoms with Crippen molar-refractivity contribution in [2.75, 3.05) is 13.7 Å². The molecule has 4 heterocycles. The molecule has 294 valence electrons. The number of hydrogen-bond donors (Lipinski definition) is 2. The summed E-state index contributed by atoms with van der Waals surface area (Å²) in [5, 5.41) is 3.86. The van der Waals surface area contributed by atoms with Gasteiger partial charge in [0.25, 0.3) is 5.91 Å². The Morgan fingerprint density at radius 3 is 2.51 bits per heavy atom. The molecular formula is C41H51N5O8S. The molecule has 2 aliphatic carbocycles. The zero-order valence-electron chi connectivity index (χ0n) is 32.1. The Kier molecular flexibility index (Phi) is 10.8. The maximum Gasteiger partial charge on any atom is 0.259 e. The van der Waals surface area contributed by atoms with Crippen LogP contribution in [0.2, 0.25) is 0 Å². The van der Waals surface area contributed by atoms with Crippen LogP contribution >= 0.6 is 0 Å². The Morgan fingerprint density at radius 2 is 1.80 bits per heavy atom. The van der Waals surface area contributed by atoms with Crippen LogP contribution in [0, 0.1) is 17.8 Å². The van der Waals surface area contributed by atoms with E-state index in [1.165, 1.54) is 0 Å². The number of carbonyl (C=O) groups excluding carboxylic acids is 3. The van der Waals surface area contributed by atoms with E-state index in [0.717, 1.165) is 24.6 Å². The topological polar surface area (TPSA) is 166 Å². The van der Waals surface area contributed by atoms with Crippen molar-refractivity contribution in [3.05, 3.63) is 54.7 Å². The molecule has 2 saturated carbocycles. The number of pyridine rings is 2. The number of carbonyl (C=O) groups is 3. The third-order valence-corrected chi connectivity index (χ3v) is 12.8. The van der Waals surface area contributed by atoms with Gasteiger partial charge in [0.15, 0.2) is 0 Å². The van der Waals surface area contributed by atoms with Gasteiger partial charge in [0.05, 0.1) is 42.6 Å². The van der Waals surface area contributed by atoms with Crippen LogP contribution in [0.5, 0.6) is 17.4 Å². The molecule has 3 amide bonds. The monoisotopic (exact) mass is 773 g/mol. The first kappa shape index (κ1) is 38.6. The lowest BCUT2D eigenvalue weighted by Crippen LogP contribution is -2.56. The van der Waals surface area contributed by atoms with Gasteiger partial charge in [-0.2, -0.15) is 0 Å². The highest BCUT2D eigenvalue weighted by atomic mass is 32.2. The van der Waals surface area contributed by atoms with E-state index in [1.807, 2.05) is 62.4 Å². The van der Waals surface area contributed by atoms with Crippen molar-refractivity contribution in [2.45, 2.75) is 108 Å². The van der Waals surface area contributed by atoms with Gasteiger partial charge in [0, 0.05) is 24.1 Å². The first-order valence-electron chi connectivity index (χ1n) is 19.4. The second-order valence-corrected chi connectivity index (χ2v) is 18.0. The molecule has 2 aliphatic heterocycles. The van der Waals surface area contributed by atoms with Crippen LogP contribution in [0.15, 0.2) is 54.7 Å². The summed E-state index contributed by atoms with van der Waals surface area (Å²) in [5.41, 5.74) is -0.280. The van der Waals surface area contributed by atoms with Crippen molar-refractivity contribution >= 4 is 38.5 Å². The number of benzene rings is 1. The van der Waals surface area contributed by atoms with E-state index in [1.54, 1.807) is 18.2 Å². The molecule has 14 heteroatoms. The van der Waals surface area contributed by atoms with Crippen molar-refractivity contribution < 1.29 is 37.0 Å². The summed E-state index contributed by atoms with van der Waals surface area (Å²) in [6.07, 6.45) is 9.15. The van der Waals surface area contributed by atoms with E-state index in [2.05, 4.69) is 28.9 Å². The molecule has 0 bridgehead atoms. The van der Waals surface area contributed by atoms with Crippen LogP contribution in [0.25, 0.3) is 22.2 Å². The summed E-state index contributed by atoms with van der Waals surface area (Å²) in [6.45, 7) is 8.24. The summed E-state index contributed by atoms with van der Waals surface area (Å²) in [6, 6.07) is 10.2. The summed E-state index contributed by atoms with van der Waals surface area (Å²) in [7, 11) is -2.26. The molecule has 6 atom stereocenters. The second-order valence-electron chi connectivity index (χ2n) is 16.1. The van der Waals surface area contributed by atoms with Crippen molar-refractivity contribution in [2.24, 2.45) is 17.8 Å². The van der Waals surface area contributed by atoms with Gasteiger partial charge in [-0.15, -0.1) is 0 Å². The van der Waals surface area contributed by atoms with Crippen molar-refractivity contribution in [1.82, 2.24) is 24.9 Å². The first-order valence-corrected chi connectivity index (χ1v) is 20.9. The minimum atomic E-state index is -3.85.